The first-order valence-corrected chi connectivity index (χ1v) is 12.8. The molecular weight excluding hydrogens is 510 g/mol. The van der Waals surface area contributed by atoms with E-state index in [-0.39, 0.29) is 31.4 Å². The van der Waals surface area contributed by atoms with Crippen LogP contribution in [0.4, 0.5) is 5.69 Å². The van der Waals surface area contributed by atoms with Crippen LogP contribution in [0, 0.1) is 0 Å². The van der Waals surface area contributed by atoms with Crippen LogP contribution in [0.15, 0.2) is 95.6 Å². The molecule has 0 fully saturated rings. The highest BCUT2D eigenvalue weighted by molar-refractivity contribution is 6.01. The lowest BCUT2D eigenvalue weighted by molar-refractivity contribution is -0.129. The van der Waals surface area contributed by atoms with Gasteiger partial charge in [0.25, 0.3) is 5.91 Å². The van der Waals surface area contributed by atoms with Gasteiger partial charge in [0.2, 0.25) is 5.90 Å². The molecule has 40 heavy (non-hydrogen) atoms. The SMILES string of the molecule is C=CC[C@@]1(C(=O)NCc2ccccc2OC)N=C(c2ccc(OCCCO)cc2)O[C@@H]1c1ccccc1N=[N+]=[N-]. The number of methoxy groups -OCH3 is 1. The fourth-order valence-corrected chi connectivity index (χ4v) is 4.54. The third-order valence-electron chi connectivity index (χ3n) is 6.49. The first kappa shape index (κ1) is 28.2. The van der Waals surface area contributed by atoms with Gasteiger partial charge in [0, 0.05) is 53.3 Å². The largest absolute Gasteiger partial charge is 0.496 e. The van der Waals surface area contributed by atoms with Gasteiger partial charge in [-0.15, -0.1) is 6.58 Å². The van der Waals surface area contributed by atoms with Crippen molar-refractivity contribution in [2.45, 2.75) is 31.0 Å². The molecule has 3 aromatic rings. The number of aliphatic imine (C=N–C) groups is 1. The van der Waals surface area contributed by atoms with E-state index in [0.29, 0.717) is 41.3 Å². The number of para-hydroxylation sites is 1. The summed E-state index contributed by atoms with van der Waals surface area (Å²) in [5, 5.41) is 15.8. The van der Waals surface area contributed by atoms with Crippen molar-refractivity contribution in [3.05, 3.63) is 113 Å². The standard InChI is InChI=1S/C30H31N5O5/c1-3-17-30(29(37)32-20-22-9-4-7-12-26(22)38-2)27(24-10-5-6-11-25(24)34-35-31)40-28(33-30)21-13-15-23(16-14-21)39-19-8-18-36/h3-7,9-16,27,36H,1,8,17-20H2,2H3,(H,32,37)/t27-,30-/m1/s1. The zero-order valence-corrected chi connectivity index (χ0v) is 22.2. The molecule has 0 radical (unpaired) electrons. The van der Waals surface area contributed by atoms with Crippen molar-refractivity contribution >= 4 is 17.5 Å². The molecule has 0 bridgehead atoms. The Labute approximate surface area is 232 Å². The number of aliphatic hydroxyl groups is 1. The quantitative estimate of drug-likeness (QED) is 0.0961. The molecule has 1 aliphatic heterocycles. The zero-order valence-electron chi connectivity index (χ0n) is 22.2. The van der Waals surface area contributed by atoms with Gasteiger partial charge >= 0.3 is 0 Å². The van der Waals surface area contributed by atoms with Gasteiger partial charge in [-0.1, -0.05) is 53.7 Å². The summed E-state index contributed by atoms with van der Waals surface area (Å²) in [7, 11) is 1.58. The summed E-state index contributed by atoms with van der Waals surface area (Å²) in [6, 6.07) is 21.5. The molecule has 0 unspecified atom stereocenters. The van der Waals surface area contributed by atoms with Crippen LogP contribution in [-0.4, -0.2) is 42.8 Å². The van der Waals surface area contributed by atoms with E-state index in [4.69, 9.17) is 24.3 Å². The van der Waals surface area contributed by atoms with E-state index in [1.165, 1.54) is 0 Å². The number of nitrogens with zero attached hydrogens (tertiary/aromatic N) is 4. The minimum absolute atomic E-state index is 0.0476. The topological polar surface area (TPSA) is 138 Å². The van der Waals surface area contributed by atoms with Crippen molar-refractivity contribution < 1.29 is 24.1 Å². The second-order valence-corrected chi connectivity index (χ2v) is 9.02. The molecule has 1 aliphatic rings. The minimum atomic E-state index is -1.43. The Hall–Kier alpha value is -4.79. The van der Waals surface area contributed by atoms with Crippen LogP contribution in [0.1, 0.15) is 35.6 Å². The van der Waals surface area contributed by atoms with Gasteiger partial charge in [0.05, 0.1) is 13.7 Å². The van der Waals surface area contributed by atoms with Crippen LogP contribution in [0.2, 0.25) is 0 Å². The van der Waals surface area contributed by atoms with E-state index in [1.807, 2.05) is 24.3 Å². The number of rotatable bonds is 13. The Kier molecular flexibility index (Phi) is 9.40. The Morgan fingerprint density at radius 3 is 2.67 bits per heavy atom. The summed E-state index contributed by atoms with van der Waals surface area (Å²) in [5.74, 6) is 1.17. The predicted octanol–water partition coefficient (Wildman–Crippen LogP) is 5.55. The molecule has 3 aromatic carbocycles. The lowest BCUT2D eigenvalue weighted by atomic mass is 9.83. The number of hydrogen-bond acceptors (Lipinski definition) is 7. The van der Waals surface area contributed by atoms with Gasteiger partial charge in [-0.25, -0.2) is 4.99 Å². The molecule has 0 aromatic heterocycles. The number of carbonyl (C=O) groups excluding carboxylic acids is 1. The molecule has 4 rings (SSSR count). The fraction of sp³-hybridized carbons (Fsp3) is 0.267. The first-order chi connectivity index (χ1) is 19.6. The molecule has 0 saturated carbocycles. The van der Waals surface area contributed by atoms with Crippen LogP contribution < -0.4 is 14.8 Å². The van der Waals surface area contributed by atoms with Crippen LogP contribution in [0.3, 0.4) is 0 Å². The van der Waals surface area contributed by atoms with E-state index in [1.54, 1.807) is 61.7 Å². The number of benzene rings is 3. The van der Waals surface area contributed by atoms with Gasteiger partial charge in [-0.05, 0) is 35.9 Å². The monoisotopic (exact) mass is 541 g/mol. The number of ether oxygens (including phenoxy) is 3. The molecule has 206 valence electrons. The lowest BCUT2D eigenvalue weighted by Gasteiger charge is -2.30. The molecule has 2 N–H and O–H groups in total. The Balaban J connectivity index is 1.73. The van der Waals surface area contributed by atoms with Gasteiger partial charge in [-0.2, -0.15) is 0 Å². The summed E-state index contributed by atoms with van der Waals surface area (Å²) in [4.78, 5) is 21.9. The third kappa shape index (κ3) is 6.09. The van der Waals surface area contributed by atoms with Gasteiger partial charge in [-0.3, -0.25) is 4.79 Å². The maximum absolute atomic E-state index is 14.0. The fourth-order valence-electron chi connectivity index (χ4n) is 4.54. The highest BCUT2D eigenvalue weighted by Crippen LogP contribution is 2.45. The summed E-state index contributed by atoms with van der Waals surface area (Å²) in [5.41, 5.74) is 10.1. The van der Waals surface area contributed by atoms with Crippen molar-refractivity contribution in [2.75, 3.05) is 20.3 Å². The molecule has 0 aliphatic carbocycles. The van der Waals surface area contributed by atoms with Crippen LogP contribution in [-0.2, 0) is 16.1 Å². The second-order valence-electron chi connectivity index (χ2n) is 9.02. The molecule has 1 amide bonds. The summed E-state index contributed by atoms with van der Waals surface area (Å²) in [6.07, 6.45) is 1.41. The Bertz CT molecular complexity index is 1420. The number of nitrogens with one attached hydrogen (secondary N) is 1. The number of hydrogen-bond donors (Lipinski definition) is 2. The average Bonchev–Trinajstić information content (AvgIpc) is 3.37. The molecule has 0 saturated heterocycles. The Morgan fingerprint density at radius 2 is 1.95 bits per heavy atom. The van der Waals surface area contributed by atoms with E-state index in [2.05, 4.69) is 21.9 Å². The zero-order chi connectivity index (χ0) is 28.4. The number of aliphatic hydroxyl groups excluding tert-OH is 1. The Morgan fingerprint density at radius 1 is 1.20 bits per heavy atom. The van der Waals surface area contributed by atoms with E-state index in [0.717, 1.165) is 5.56 Å². The first-order valence-electron chi connectivity index (χ1n) is 12.8. The number of carbonyl (C=O) groups is 1. The van der Waals surface area contributed by atoms with Crippen LogP contribution in [0.25, 0.3) is 10.4 Å². The number of amides is 1. The van der Waals surface area contributed by atoms with Crippen LogP contribution >= 0.6 is 0 Å². The van der Waals surface area contributed by atoms with Crippen molar-refractivity contribution in [3.63, 3.8) is 0 Å². The van der Waals surface area contributed by atoms with Crippen molar-refractivity contribution in [1.82, 2.24) is 5.32 Å². The van der Waals surface area contributed by atoms with Gasteiger partial charge in [0.1, 0.15) is 11.5 Å². The molecular formula is C30H31N5O5. The lowest BCUT2D eigenvalue weighted by Crippen LogP contribution is -2.47. The van der Waals surface area contributed by atoms with Crippen molar-refractivity contribution in [1.29, 1.82) is 0 Å². The highest BCUT2D eigenvalue weighted by Gasteiger charge is 2.53. The van der Waals surface area contributed by atoms with Crippen molar-refractivity contribution in [3.8, 4) is 11.5 Å². The van der Waals surface area contributed by atoms with E-state index >= 15 is 0 Å². The maximum atomic E-state index is 14.0. The van der Waals surface area contributed by atoms with Gasteiger partial charge in [0.15, 0.2) is 11.6 Å². The highest BCUT2D eigenvalue weighted by atomic mass is 16.5. The minimum Gasteiger partial charge on any atom is -0.496 e. The second kappa shape index (κ2) is 13.3. The van der Waals surface area contributed by atoms with E-state index < -0.39 is 11.6 Å². The molecule has 0 spiro atoms. The molecule has 1 heterocycles. The predicted molar refractivity (Wildman–Crippen MR) is 152 cm³/mol. The number of azide groups is 1. The molecule has 10 heteroatoms. The normalized spacial score (nSPS) is 17.6. The average molecular weight is 542 g/mol. The van der Waals surface area contributed by atoms with Gasteiger partial charge < -0.3 is 24.6 Å². The molecule has 2 atom stereocenters. The maximum Gasteiger partial charge on any atom is 0.252 e. The van der Waals surface area contributed by atoms with Crippen LogP contribution in [0.5, 0.6) is 11.5 Å². The molecule has 10 nitrogen and oxygen atoms in total. The van der Waals surface area contributed by atoms with E-state index in [9.17, 15) is 10.3 Å². The smallest absolute Gasteiger partial charge is 0.252 e. The van der Waals surface area contributed by atoms with Crippen molar-refractivity contribution in [2.24, 2.45) is 10.1 Å². The summed E-state index contributed by atoms with van der Waals surface area (Å²) < 4.78 is 17.5. The summed E-state index contributed by atoms with van der Waals surface area (Å²) in [6.45, 7) is 4.53. The summed E-state index contributed by atoms with van der Waals surface area (Å²) >= 11 is 0. The third-order valence-corrected chi connectivity index (χ3v) is 6.49.